The molecule has 1 fully saturated rings. The van der Waals surface area contributed by atoms with E-state index in [4.69, 9.17) is 13.9 Å². The quantitative estimate of drug-likeness (QED) is 0.126. The smallest absolute Gasteiger partial charge is 0.330 e. The summed E-state index contributed by atoms with van der Waals surface area (Å²) in [5.41, 5.74) is -0.960. The van der Waals surface area contributed by atoms with E-state index in [9.17, 15) is 29.1 Å². The Balaban J connectivity index is 2.32. The first-order chi connectivity index (χ1) is 20.2. The van der Waals surface area contributed by atoms with Crippen LogP contribution in [0.3, 0.4) is 0 Å². The van der Waals surface area contributed by atoms with Gasteiger partial charge >= 0.3 is 11.7 Å². The van der Waals surface area contributed by atoms with Crippen LogP contribution in [0.1, 0.15) is 93.2 Å². The average molecular weight is 691 g/mol. The van der Waals surface area contributed by atoms with Crippen molar-refractivity contribution >= 4 is 41.9 Å². The Morgan fingerprint density at radius 2 is 1.65 bits per heavy atom. The van der Waals surface area contributed by atoms with Gasteiger partial charge in [0.25, 0.3) is 5.56 Å². The first-order valence-corrected chi connectivity index (χ1v) is 18.1. The molecule has 2 rings (SSSR count). The maximum Gasteiger partial charge on any atom is 0.330 e. The fourth-order valence-corrected chi connectivity index (χ4v) is 11.8. The van der Waals surface area contributed by atoms with Crippen LogP contribution in [0.2, 0.25) is 16.6 Å². The number of hydrogen-bond donors (Lipinski definition) is 3. The molecule has 2 heterocycles. The van der Waals surface area contributed by atoms with E-state index in [0.717, 1.165) is 12.8 Å². The Kier molecular flexibility index (Phi) is 14.5. The summed E-state index contributed by atoms with van der Waals surface area (Å²) >= 11 is 3.15. The van der Waals surface area contributed by atoms with Gasteiger partial charge in [-0.2, -0.15) is 0 Å². The van der Waals surface area contributed by atoms with Crippen LogP contribution in [-0.2, 0) is 28.3 Å². The normalized spacial score (nSPS) is 20.7. The van der Waals surface area contributed by atoms with Gasteiger partial charge in [0.2, 0.25) is 14.2 Å². The number of Topliss-reactive ketones (excluding diaryl/α,β-unsaturated/α-hetero) is 1. The fraction of sp³-hybridized carbons (Fsp3) is 0.759. The molecule has 1 aromatic heterocycles. The molecule has 244 valence electrons. The van der Waals surface area contributed by atoms with Gasteiger partial charge in [0, 0.05) is 32.0 Å². The van der Waals surface area contributed by atoms with E-state index >= 15 is 0 Å². The number of nitrogens with zero attached hydrogens (tertiary/aromatic N) is 1. The molecule has 4 atom stereocenters. The van der Waals surface area contributed by atoms with Gasteiger partial charge in [-0.1, -0.05) is 54.9 Å². The Bertz CT molecular complexity index is 1190. The van der Waals surface area contributed by atoms with E-state index in [2.05, 4.69) is 67.8 Å². The molecule has 0 radical (unpaired) electrons. The lowest BCUT2D eigenvalue weighted by Gasteiger charge is -2.45. The Labute approximate surface area is 262 Å². The molecule has 43 heavy (non-hydrogen) atoms. The lowest BCUT2D eigenvalue weighted by atomic mass is 10.1. The molecular weight excluding hydrogens is 642 g/mol. The third-order valence-corrected chi connectivity index (χ3v) is 14.7. The molecule has 1 amide bonds. The van der Waals surface area contributed by atoms with Crippen LogP contribution in [-0.4, -0.2) is 72.1 Å². The molecule has 12 nitrogen and oxygen atoms in total. The number of halogens is 1. The first-order valence-electron chi connectivity index (χ1n) is 15.1. The summed E-state index contributed by atoms with van der Waals surface area (Å²) in [5, 5.41) is 13.0. The number of H-pyrrole nitrogens is 1. The Morgan fingerprint density at radius 1 is 1.05 bits per heavy atom. The lowest BCUT2D eigenvalue weighted by Crippen LogP contribution is -2.54. The number of aromatic nitrogens is 2. The first kappa shape index (κ1) is 37.1. The van der Waals surface area contributed by atoms with E-state index in [-0.39, 0.29) is 58.5 Å². The fourth-order valence-electron chi connectivity index (χ4n) is 5.96. The van der Waals surface area contributed by atoms with Crippen LogP contribution in [0.25, 0.3) is 0 Å². The summed E-state index contributed by atoms with van der Waals surface area (Å²) in [6.07, 6.45) is -1.40. The van der Waals surface area contributed by atoms with Gasteiger partial charge in [0.05, 0.1) is 17.5 Å². The molecule has 1 unspecified atom stereocenters. The van der Waals surface area contributed by atoms with Crippen molar-refractivity contribution in [1.82, 2.24) is 14.9 Å². The largest absolute Gasteiger partial charge is 0.457 e. The molecule has 3 N–H and O–H groups in total. The monoisotopic (exact) mass is 689 g/mol. The number of esters is 1. The number of ketones is 1. The third kappa shape index (κ3) is 9.43. The number of rotatable bonds is 17. The average Bonchev–Trinajstić information content (AvgIpc) is 3.26. The minimum atomic E-state index is -2.66. The van der Waals surface area contributed by atoms with Crippen LogP contribution < -0.4 is 16.6 Å². The van der Waals surface area contributed by atoms with Gasteiger partial charge in [-0.25, -0.2) is 4.79 Å². The molecule has 1 aromatic rings. The van der Waals surface area contributed by atoms with Gasteiger partial charge in [-0.15, -0.1) is 0 Å². The van der Waals surface area contributed by atoms with E-state index in [1.54, 1.807) is 0 Å². The predicted octanol–water partition coefficient (Wildman–Crippen LogP) is 3.71. The molecule has 1 aliphatic heterocycles. The third-order valence-electron chi connectivity index (χ3n) is 8.07. The van der Waals surface area contributed by atoms with Crippen LogP contribution in [0, 0.1) is 0 Å². The summed E-state index contributed by atoms with van der Waals surface area (Å²) in [4.78, 5) is 64.5. The lowest BCUT2D eigenvalue weighted by molar-refractivity contribution is -0.157. The molecule has 14 heteroatoms. The molecule has 0 aliphatic carbocycles. The number of aliphatic hydroxyl groups excluding tert-OH is 1. The highest BCUT2D eigenvalue weighted by atomic mass is 79.9. The highest BCUT2D eigenvalue weighted by molar-refractivity contribution is 9.10. The molecule has 1 saturated heterocycles. The number of hydrogen-bond acceptors (Lipinski definition) is 9. The number of ether oxygens (including phenoxy) is 2. The van der Waals surface area contributed by atoms with Crippen molar-refractivity contribution in [2.24, 2.45) is 0 Å². The summed E-state index contributed by atoms with van der Waals surface area (Å²) in [5.74, 6) is -1.14. The highest BCUT2D eigenvalue weighted by Crippen LogP contribution is 2.46. The number of aliphatic hydroxyl groups is 1. The topological polar surface area (TPSA) is 166 Å². The summed E-state index contributed by atoms with van der Waals surface area (Å²) in [6, 6.07) is 0. The van der Waals surface area contributed by atoms with Crippen molar-refractivity contribution in [2.45, 2.75) is 128 Å². The predicted molar refractivity (Wildman–Crippen MR) is 167 cm³/mol. The number of amides is 1. The zero-order valence-electron chi connectivity index (χ0n) is 26.3. The van der Waals surface area contributed by atoms with Gasteiger partial charge in [0.15, 0.2) is 12.3 Å². The van der Waals surface area contributed by atoms with E-state index in [1.807, 2.05) is 6.92 Å². The van der Waals surface area contributed by atoms with Crippen LogP contribution >= 0.6 is 15.9 Å². The molecule has 0 bridgehead atoms. The number of nitrogens with one attached hydrogen (secondary N) is 2. The second-order valence-electron chi connectivity index (χ2n) is 12.0. The molecule has 0 spiro atoms. The highest BCUT2D eigenvalue weighted by Gasteiger charge is 2.55. The Hall–Kier alpha value is -2.13. The van der Waals surface area contributed by atoms with Gasteiger partial charge < -0.3 is 24.3 Å². The number of aromatic amines is 1. The SMILES string of the molecule is CCCCNC(=O)CCC(=O)CCC(=O)O[C@@H]1C(O[Si](C(C)C)(C(C)C)C(C)C)[C@H](n2cc(Br)c(=O)[nH]c2=O)O[C@@H]1CO. The summed E-state index contributed by atoms with van der Waals surface area (Å²) < 4.78 is 20.2. The second-order valence-corrected chi connectivity index (χ2v) is 18.2. The summed E-state index contributed by atoms with van der Waals surface area (Å²) in [6.45, 7) is 14.6. The zero-order valence-corrected chi connectivity index (χ0v) is 28.9. The maximum atomic E-state index is 13.0. The Morgan fingerprint density at radius 3 is 2.21 bits per heavy atom. The summed E-state index contributed by atoms with van der Waals surface area (Å²) in [7, 11) is -2.66. The van der Waals surface area contributed by atoms with Crippen molar-refractivity contribution < 1.29 is 33.4 Å². The van der Waals surface area contributed by atoms with Crippen LogP contribution in [0.4, 0.5) is 0 Å². The number of carbonyl (C=O) groups is 3. The zero-order chi connectivity index (χ0) is 32.5. The number of carbonyl (C=O) groups excluding carboxylic acids is 3. The van der Waals surface area contributed by atoms with E-state index < -0.39 is 56.7 Å². The minimum absolute atomic E-state index is 0.0140. The van der Waals surface area contributed by atoms with Crippen LogP contribution in [0.5, 0.6) is 0 Å². The van der Waals surface area contributed by atoms with E-state index in [1.165, 1.54) is 10.8 Å². The van der Waals surface area contributed by atoms with Gasteiger partial charge in [-0.3, -0.25) is 28.7 Å². The molecule has 0 saturated carbocycles. The molecule has 1 aliphatic rings. The van der Waals surface area contributed by atoms with Crippen molar-refractivity contribution in [2.75, 3.05) is 13.2 Å². The van der Waals surface area contributed by atoms with Crippen molar-refractivity contribution in [3.8, 4) is 0 Å². The van der Waals surface area contributed by atoms with Crippen molar-refractivity contribution in [3.63, 3.8) is 0 Å². The second kappa shape index (κ2) is 16.8. The number of unbranched alkanes of at least 4 members (excludes halogenated alkanes) is 1. The van der Waals surface area contributed by atoms with Gasteiger partial charge in [-0.05, 0) is 39.0 Å². The van der Waals surface area contributed by atoms with E-state index in [0.29, 0.717) is 6.54 Å². The van der Waals surface area contributed by atoms with Crippen LogP contribution in [0.15, 0.2) is 20.3 Å². The van der Waals surface area contributed by atoms with Crippen molar-refractivity contribution in [1.29, 1.82) is 0 Å². The van der Waals surface area contributed by atoms with Gasteiger partial charge in [0.1, 0.15) is 18.0 Å². The molecule has 0 aromatic carbocycles. The molecular formula is C29H48BrN3O9Si. The van der Waals surface area contributed by atoms with Crippen molar-refractivity contribution in [3.05, 3.63) is 31.5 Å². The standard InChI is InChI=1S/C29H48BrN3O9Si/c1-8-9-14-31-23(36)12-10-20(35)11-13-24(37)41-25-22(16-34)40-28(33-15-21(30)27(38)32-29(33)39)26(25)42-43(17(2)3,18(4)5)19(6)7/h15,17-19,22,25-26,28,34H,8-14,16H2,1-7H3,(H,31,36)(H,32,38,39)/t22-,25+,26?,28-/m1/s1. The minimum Gasteiger partial charge on any atom is -0.457 e. The maximum absolute atomic E-state index is 13.0.